The summed E-state index contributed by atoms with van der Waals surface area (Å²) in [7, 11) is 2.20. The Morgan fingerprint density at radius 2 is 1.93 bits per heavy atom. The predicted octanol–water partition coefficient (Wildman–Crippen LogP) is 3.56. The Hall–Kier alpha value is -2.27. The summed E-state index contributed by atoms with van der Waals surface area (Å²) < 4.78 is 13.9. The van der Waals surface area contributed by atoms with Crippen molar-refractivity contribution in [1.82, 2.24) is 14.8 Å². The fourth-order valence-electron chi connectivity index (χ4n) is 4.88. The number of benzene rings is 1. The fourth-order valence-corrected chi connectivity index (χ4v) is 4.88. The van der Waals surface area contributed by atoms with Crippen molar-refractivity contribution in [3.63, 3.8) is 0 Å². The molecule has 142 valence electrons. The summed E-state index contributed by atoms with van der Waals surface area (Å²) in [5.41, 5.74) is 1.77. The monoisotopic (exact) mass is 367 g/mol. The summed E-state index contributed by atoms with van der Waals surface area (Å²) in [4.78, 5) is 20.7. The van der Waals surface area contributed by atoms with Crippen molar-refractivity contribution in [1.29, 1.82) is 0 Å². The van der Waals surface area contributed by atoms with Gasteiger partial charge >= 0.3 is 0 Å². The molecule has 0 saturated carbocycles. The molecule has 0 aliphatic carbocycles. The highest BCUT2D eigenvalue weighted by Gasteiger charge is 2.42. The topological polar surface area (TPSA) is 36.4 Å². The van der Waals surface area contributed by atoms with Gasteiger partial charge in [0, 0.05) is 32.4 Å². The molecule has 0 bridgehead atoms. The van der Waals surface area contributed by atoms with Gasteiger partial charge in [-0.25, -0.2) is 4.39 Å². The van der Waals surface area contributed by atoms with Crippen molar-refractivity contribution in [3.8, 4) is 0 Å². The van der Waals surface area contributed by atoms with Gasteiger partial charge in [0.25, 0.3) is 5.91 Å². The van der Waals surface area contributed by atoms with Crippen LogP contribution in [0.3, 0.4) is 0 Å². The van der Waals surface area contributed by atoms with E-state index in [1.54, 1.807) is 4.90 Å². The Morgan fingerprint density at radius 1 is 1.19 bits per heavy atom. The minimum Gasteiger partial charge on any atom is -0.339 e. The van der Waals surface area contributed by atoms with Crippen LogP contribution in [0.15, 0.2) is 48.8 Å². The van der Waals surface area contributed by atoms with E-state index in [4.69, 9.17) is 0 Å². The van der Waals surface area contributed by atoms with Crippen molar-refractivity contribution in [2.45, 2.75) is 25.2 Å². The molecule has 4 nitrogen and oxygen atoms in total. The molecule has 27 heavy (non-hydrogen) atoms. The first-order valence-corrected chi connectivity index (χ1v) is 9.69. The van der Waals surface area contributed by atoms with E-state index < -0.39 is 5.82 Å². The average Bonchev–Trinajstić information content (AvgIpc) is 2.68. The molecule has 1 atom stereocenters. The van der Waals surface area contributed by atoms with Crippen molar-refractivity contribution >= 4 is 5.91 Å². The highest BCUT2D eigenvalue weighted by molar-refractivity contribution is 5.94. The summed E-state index contributed by atoms with van der Waals surface area (Å²) in [5.74, 6) is -0.220. The van der Waals surface area contributed by atoms with E-state index in [-0.39, 0.29) is 16.9 Å². The molecule has 4 rings (SSSR count). The number of hydrogen-bond donors (Lipinski definition) is 0. The second kappa shape index (κ2) is 7.39. The molecule has 1 aromatic carbocycles. The number of rotatable bonds is 2. The Labute approximate surface area is 160 Å². The molecule has 2 fully saturated rings. The van der Waals surface area contributed by atoms with Crippen molar-refractivity contribution < 1.29 is 9.18 Å². The van der Waals surface area contributed by atoms with E-state index in [1.807, 2.05) is 0 Å². The molecule has 1 aromatic heterocycles. The van der Waals surface area contributed by atoms with Crippen LogP contribution >= 0.6 is 0 Å². The summed E-state index contributed by atoms with van der Waals surface area (Å²) in [6.07, 6.45) is 5.69. The van der Waals surface area contributed by atoms with Crippen LogP contribution in [0, 0.1) is 11.2 Å². The number of carbonyl (C=O) groups is 1. The summed E-state index contributed by atoms with van der Waals surface area (Å²) in [6, 6.07) is 12.2. The number of piperidine rings is 2. The number of amides is 1. The van der Waals surface area contributed by atoms with Crippen LogP contribution in [-0.4, -0.2) is 53.9 Å². The number of carbonyl (C=O) groups excluding carboxylic acids is 1. The third kappa shape index (κ3) is 3.74. The average molecular weight is 367 g/mol. The SMILES string of the molecule is CN1CC(c2ccccc2)CC2(CCN(C(=O)c3ccncc3F)CC2)C1. The van der Waals surface area contributed by atoms with Gasteiger partial charge in [0.15, 0.2) is 5.82 Å². The maximum absolute atomic E-state index is 13.9. The molecule has 2 aliphatic rings. The first-order valence-electron chi connectivity index (χ1n) is 9.69. The number of likely N-dealkylation sites (tertiary alicyclic amines) is 2. The first-order chi connectivity index (χ1) is 13.1. The van der Waals surface area contributed by atoms with E-state index in [0.29, 0.717) is 19.0 Å². The molecule has 0 N–H and O–H groups in total. The second-order valence-electron chi connectivity index (χ2n) is 8.16. The molecule has 1 spiro atoms. The van der Waals surface area contributed by atoms with Gasteiger partial charge in [-0.3, -0.25) is 9.78 Å². The predicted molar refractivity (Wildman–Crippen MR) is 103 cm³/mol. The van der Waals surface area contributed by atoms with Gasteiger partial charge in [0.1, 0.15) is 0 Å². The lowest BCUT2D eigenvalue weighted by Gasteiger charge is -2.49. The lowest BCUT2D eigenvalue weighted by Crippen LogP contribution is -2.51. The maximum Gasteiger partial charge on any atom is 0.256 e. The van der Waals surface area contributed by atoms with Gasteiger partial charge in [0.2, 0.25) is 0 Å². The van der Waals surface area contributed by atoms with Gasteiger partial charge in [-0.05, 0) is 49.3 Å². The minimum atomic E-state index is -0.538. The zero-order chi connectivity index (χ0) is 18.9. The third-order valence-electron chi connectivity index (χ3n) is 6.20. The Bertz CT molecular complexity index is 802. The number of halogens is 1. The van der Waals surface area contributed by atoms with Crippen LogP contribution < -0.4 is 0 Å². The van der Waals surface area contributed by atoms with Gasteiger partial charge < -0.3 is 9.80 Å². The van der Waals surface area contributed by atoms with Crippen molar-refractivity contribution in [2.75, 3.05) is 33.2 Å². The van der Waals surface area contributed by atoms with Gasteiger partial charge in [-0.15, -0.1) is 0 Å². The lowest BCUT2D eigenvalue weighted by molar-refractivity contribution is 0.0222. The second-order valence-corrected chi connectivity index (χ2v) is 8.16. The van der Waals surface area contributed by atoms with E-state index in [1.165, 1.54) is 17.8 Å². The van der Waals surface area contributed by atoms with Crippen LogP contribution in [0.2, 0.25) is 0 Å². The van der Waals surface area contributed by atoms with Gasteiger partial charge in [-0.2, -0.15) is 0 Å². The molecular weight excluding hydrogens is 341 g/mol. The van der Waals surface area contributed by atoms with Crippen LogP contribution in [0.5, 0.6) is 0 Å². The van der Waals surface area contributed by atoms with Crippen LogP contribution in [0.4, 0.5) is 4.39 Å². The third-order valence-corrected chi connectivity index (χ3v) is 6.20. The molecule has 0 radical (unpaired) electrons. The molecule has 2 saturated heterocycles. The maximum atomic E-state index is 13.9. The van der Waals surface area contributed by atoms with Crippen LogP contribution in [-0.2, 0) is 0 Å². The van der Waals surface area contributed by atoms with E-state index in [2.05, 4.69) is 47.3 Å². The van der Waals surface area contributed by atoms with Crippen molar-refractivity contribution in [2.24, 2.45) is 5.41 Å². The molecule has 3 heterocycles. The highest BCUT2D eigenvalue weighted by atomic mass is 19.1. The van der Waals surface area contributed by atoms with Gasteiger partial charge in [0.05, 0.1) is 11.8 Å². The first kappa shape index (κ1) is 18.1. The molecule has 1 unspecified atom stereocenters. The zero-order valence-electron chi connectivity index (χ0n) is 15.8. The van der Waals surface area contributed by atoms with Crippen LogP contribution in [0.1, 0.15) is 41.1 Å². The Balaban J connectivity index is 1.46. The largest absolute Gasteiger partial charge is 0.339 e. The standard InChI is InChI=1S/C22H26FN3O/c1-25-15-18(17-5-3-2-4-6-17)13-22(16-25)8-11-26(12-9-22)21(27)19-7-10-24-14-20(19)23/h2-7,10,14,18H,8-9,11-13,15-16H2,1H3. The summed E-state index contributed by atoms with van der Waals surface area (Å²) in [6.45, 7) is 3.53. The smallest absolute Gasteiger partial charge is 0.256 e. The number of hydrogen-bond acceptors (Lipinski definition) is 3. The summed E-state index contributed by atoms with van der Waals surface area (Å²) in [5, 5.41) is 0. The fraction of sp³-hybridized carbons (Fsp3) is 0.455. The molecule has 2 aromatic rings. The summed E-state index contributed by atoms with van der Waals surface area (Å²) >= 11 is 0. The van der Waals surface area contributed by atoms with Crippen LogP contribution in [0.25, 0.3) is 0 Å². The van der Waals surface area contributed by atoms with E-state index in [9.17, 15) is 9.18 Å². The molecular formula is C22H26FN3O. The zero-order valence-corrected chi connectivity index (χ0v) is 15.8. The molecule has 5 heteroatoms. The number of likely N-dealkylation sites (N-methyl/N-ethyl adjacent to an activating group) is 1. The Kier molecular flexibility index (Phi) is 4.96. The lowest BCUT2D eigenvalue weighted by atomic mass is 9.68. The number of nitrogens with zero attached hydrogens (tertiary/aromatic N) is 3. The number of aromatic nitrogens is 1. The molecule has 2 aliphatic heterocycles. The van der Waals surface area contributed by atoms with Gasteiger partial charge in [-0.1, -0.05) is 30.3 Å². The van der Waals surface area contributed by atoms with E-state index >= 15 is 0 Å². The highest BCUT2D eigenvalue weighted by Crippen LogP contribution is 2.44. The minimum absolute atomic E-state index is 0.129. The van der Waals surface area contributed by atoms with E-state index in [0.717, 1.165) is 38.5 Å². The quantitative estimate of drug-likeness (QED) is 0.814. The normalized spacial score (nSPS) is 22.7. The Morgan fingerprint density at radius 3 is 2.63 bits per heavy atom. The number of pyridine rings is 1. The van der Waals surface area contributed by atoms with Crippen molar-refractivity contribution in [3.05, 3.63) is 65.7 Å². The molecule has 1 amide bonds.